The van der Waals surface area contributed by atoms with Crippen LogP contribution in [0.4, 0.5) is 0 Å². The number of ether oxygens (including phenoxy) is 1. The van der Waals surface area contributed by atoms with Gasteiger partial charge in [0.2, 0.25) is 0 Å². The van der Waals surface area contributed by atoms with E-state index in [4.69, 9.17) is 4.74 Å². The summed E-state index contributed by atoms with van der Waals surface area (Å²) in [6.45, 7) is 1.86. The van der Waals surface area contributed by atoms with Gasteiger partial charge in [-0.1, -0.05) is 42.5 Å². The molecule has 0 heterocycles. The number of fused-ring (bicyclic) bond motifs is 2. The molecular formula is C17H18O3. The van der Waals surface area contributed by atoms with Gasteiger partial charge in [-0.25, -0.2) is 0 Å². The van der Waals surface area contributed by atoms with Crippen LogP contribution >= 0.6 is 0 Å². The first-order chi connectivity index (χ1) is 9.66. The van der Waals surface area contributed by atoms with E-state index in [9.17, 15) is 9.59 Å². The van der Waals surface area contributed by atoms with Crippen LogP contribution in [-0.4, -0.2) is 11.8 Å². The Hall–Kier alpha value is -1.90. The third-order valence-corrected chi connectivity index (χ3v) is 4.42. The van der Waals surface area contributed by atoms with Crippen LogP contribution in [0.5, 0.6) is 0 Å². The summed E-state index contributed by atoms with van der Waals surface area (Å²) >= 11 is 0. The second-order valence-electron chi connectivity index (χ2n) is 5.70. The van der Waals surface area contributed by atoms with Gasteiger partial charge in [-0.2, -0.15) is 0 Å². The summed E-state index contributed by atoms with van der Waals surface area (Å²) in [5.74, 6) is -0.196. The third-order valence-electron chi connectivity index (χ3n) is 4.42. The van der Waals surface area contributed by atoms with Crippen LogP contribution < -0.4 is 0 Å². The highest BCUT2D eigenvalue weighted by molar-refractivity contribution is 5.87. The van der Waals surface area contributed by atoms with Crippen molar-refractivity contribution in [1.82, 2.24) is 0 Å². The molecule has 0 unspecified atom stereocenters. The van der Waals surface area contributed by atoms with E-state index in [1.54, 1.807) is 6.92 Å². The topological polar surface area (TPSA) is 43.4 Å². The first kappa shape index (κ1) is 13.1. The molecule has 1 saturated carbocycles. The lowest BCUT2D eigenvalue weighted by Crippen LogP contribution is -2.33. The average molecular weight is 270 g/mol. The number of hydrogen-bond donors (Lipinski definition) is 0. The summed E-state index contributed by atoms with van der Waals surface area (Å²) in [5, 5.41) is 0. The zero-order chi connectivity index (χ0) is 14.1. The highest BCUT2D eigenvalue weighted by Crippen LogP contribution is 2.48. The zero-order valence-electron chi connectivity index (χ0n) is 11.5. The molecule has 4 atom stereocenters. The van der Waals surface area contributed by atoms with E-state index in [0.29, 0.717) is 0 Å². The summed E-state index contributed by atoms with van der Waals surface area (Å²) in [7, 11) is 0. The molecule has 3 rings (SSSR count). The number of benzene rings is 1. The van der Waals surface area contributed by atoms with Crippen LogP contribution in [0.25, 0.3) is 0 Å². The van der Waals surface area contributed by atoms with Crippen molar-refractivity contribution in [1.29, 1.82) is 0 Å². The molecule has 0 saturated heterocycles. The Morgan fingerprint density at radius 2 is 1.75 bits per heavy atom. The Labute approximate surface area is 118 Å². The first-order valence-electron chi connectivity index (χ1n) is 7.06. The summed E-state index contributed by atoms with van der Waals surface area (Å²) in [6, 6.07) is 9.62. The lowest BCUT2D eigenvalue weighted by atomic mass is 9.81. The van der Waals surface area contributed by atoms with Crippen molar-refractivity contribution >= 4 is 11.8 Å². The maximum Gasteiger partial charge on any atom is 0.310 e. The molecule has 0 aromatic heterocycles. The Kier molecular flexibility index (Phi) is 3.43. The van der Waals surface area contributed by atoms with E-state index < -0.39 is 0 Å². The number of carbonyl (C=O) groups is 2. The number of rotatable bonds is 4. The van der Waals surface area contributed by atoms with Gasteiger partial charge in [0.05, 0.1) is 5.92 Å². The molecule has 0 N–H and O–H groups in total. The number of esters is 1. The molecule has 1 fully saturated rings. The molecule has 0 spiro atoms. The SMILES string of the molecule is CC(=O)[C@H]1[C@H](C(=O)OCc2ccccc2)[C@H]2C=C[C@@H]1C2. The molecule has 20 heavy (non-hydrogen) atoms. The molecule has 1 aromatic rings. The second kappa shape index (κ2) is 5.23. The van der Waals surface area contributed by atoms with Gasteiger partial charge in [-0.05, 0) is 30.7 Å². The summed E-state index contributed by atoms with van der Waals surface area (Å²) in [5.41, 5.74) is 0.971. The summed E-state index contributed by atoms with van der Waals surface area (Å²) in [4.78, 5) is 24.1. The number of allylic oxidation sites excluding steroid dienone is 2. The van der Waals surface area contributed by atoms with Gasteiger partial charge >= 0.3 is 5.97 Å². The van der Waals surface area contributed by atoms with E-state index in [-0.39, 0.29) is 42.0 Å². The van der Waals surface area contributed by atoms with Crippen molar-refractivity contribution in [3.8, 4) is 0 Å². The lowest BCUT2D eigenvalue weighted by molar-refractivity contribution is -0.154. The summed E-state index contributed by atoms with van der Waals surface area (Å²) < 4.78 is 5.42. The molecule has 2 aliphatic rings. The molecule has 0 amide bonds. The number of Topliss-reactive ketones (excluding diaryl/α,β-unsaturated/α-hetero) is 1. The van der Waals surface area contributed by atoms with Crippen LogP contribution in [-0.2, 0) is 20.9 Å². The van der Waals surface area contributed by atoms with E-state index in [2.05, 4.69) is 12.2 Å². The largest absolute Gasteiger partial charge is 0.461 e. The van der Waals surface area contributed by atoms with Gasteiger partial charge < -0.3 is 4.74 Å². The van der Waals surface area contributed by atoms with Gasteiger partial charge in [0, 0.05) is 5.92 Å². The minimum atomic E-state index is -0.286. The fourth-order valence-electron chi connectivity index (χ4n) is 3.52. The van der Waals surface area contributed by atoms with Crippen LogP contribution in [0, 0.1) is 23.7 Å². The first-order valence-corrected chi connectivity index (χ1v) is 7.06. The molecule has 3 heteroatoms. The molecule has 1 aromatic carbocycles. The van der Waals surface area contributed by atoms with Crippen molar-refractivity contribution in [2.45, 2.75) is 20.0 Å². The van der Waals surface area contributed by atoms with E-state index >= 15 is 0 Å². The van der Waals surface area contributed by atoms with Gasteiger partial charge in [0.25, 0.3) is 0 Å². The standard InChI is InChI=1S/C17H18O3/c1-11(18)15-13-7-8-14(9-13)16(15)17(19)20-10-12-5-3-2-4-6-12/h2-8,13-16H,9-10H2,1H3/t13-,14+,15-,16-/m1/s1. The highest BCUT2D eigenvalue weighted by Gasteiger charge is 2.50. The normalized spacial score (nSPS) is 30.4. The Morgan fingerprint density at radius 3 is 2.40 bits per heavy atom. The van der Waals surface area contributed by atoms with Crippen molar-refractivity contribution in [3.63, 3.8) is 0 Å². The van der Waals surface area contributed by atoms with Crippen LogP contribution in [0.2, 0.25) is 0 Å². The van der Waals surface area contributed by atoms with Gasteiger partial charge in [0.1, 0.15) is 12.4 Å². The Balaban J connectivity index is 1.68. The minimum Gasteiger partial charge on any atom is -0.461 e. The van der Waals surface area contributed by atoms with Crippen LogP contribution in [0.15, 0.2) is 42.5 Å². The predicted octanol–water partition coefficient (Wildman–Crippen LogP) is 2.76. The van der Waals surface area contributed by atoms with Crippen molar-refractivity contribution < 1.29 is 14.3 Å². The Morgan fingerprint density at radius 1 is 1.10 bits per heavy atom. The molecule has 0 aliphatic heterocycles. The quantitative estimate of drug-likeness (QED) is 0.624. The van der Waals surface area contributed by atoms with Gasteiger partial charge in [-0.3, -0.25) is 9.59 Å². The molecular weight excluding hydrogens is 252 g/mol. The molecule has 2 aliphatic carbocycles. The van der Waals surface area contributed by atoms with Gasteiger partial charge in [-0.15, -0.1) is 0 Å². The average Bonchev–Trinajstić information content (AvgIpc) is 3.06. The maximum atomic E-state index is 12.3. The number of carbonyl (C=O) groups excluding carboxylic acids is 2. The maximum absolute atomic E-state index is 12.3. The second-order valence-corrected chi connectivity index (χ2v) is 5.70. The molecule has 0 radical (unpaired) electrons. The molecule has 104 valence electrons. The Bertz CT molecular complexity index is 547. The van der Waals surface area contributed by atoms with Gasteiger partial charge in [0.15, 0.2) is 0 Å². The minimum absolute atomic E-state index is 0.100. The molecule has 2 bridgehead atoms. The molecule has 3 nitrogen and oxygen atoms in total. The zero-order valence-corrected chi connectivity index (χ0v) is 11.5. The predicted molar refractivity (Wildman–Crippen MR) is 74.6 cm³/mol. The van der Waals surface area contributed by atoms with Crippen molar-refractivity contribution in [2.75, 3.05) is 0 Å². The van der Waals surface area contributed by atoms with Crippen molar-refractivity contribution in [3.05, 3.63) is 48.0 Å². The highest BCUT2D eigenvalue weighted by atomic mass is 16.5. The van der Waals surface area contributed by atoms with Crippen LogP contribution in [0.1, 0.15) is 18.9 Å². The fourth-order valence-corrected chi connectivity index (χ4v) is 3.52. The smallest absolute Gasteiger partial charge is 0.310 e. The fraction of sp³-hybridized carbons (Fsp3) is 0.412. The van der Waals surface area contributed by atoms with Crippen molar-refractivity contribution in [2.24, 2.45) is 23.7 Å². The van der Waals surface area contributed by atoms with E-state index in [1.165, 1.54) is 0 Å². The number of ketones is 1. The van der Waals surface area contributed by atoms with E-state index in [0.717, 1.165) is 12.0 Å². The third kappa shape index (κ3) is 2.28. The monoisotopic (exact) mass is 270 g/mol. The van der Waals surface area contributed by atoms with Crippen LogP contribution in [0.3, 0.4) is 0 Å². The number of hydrogen-bond acceptors (Lipinski definition) is 3. The lowest BCUT2D eigenvalue weighted by Gasteiger charge is -2.24. The summed E-state index contributed by atoms with van der Waals surface area (Å²) in [6.07, 6.45) is 5.06. The van der Waals surface area contributed by atoms with E-state index in [1.807, 2.05) is 30.3 Å².